The van der Waals surface area contributed by atoms with Gasteiger partial charge in [0.1, 0.15) is 19.8 Å². The minimum absolute atomic E-state index is 0.0297. The average molecular weight is 1130 g/mol. The molecular weight excluding hydrogens is 1000 g/mol. The Morgan fingerprint density at radius 2 is 0.722 bits per heavy atom. The lowest BCUT2D eigenvalue weighted by atomic mass is 10.0. The number of phosphoric acid groups is 1. The summed E-state index contributed by atoms with van der Waals surface area (Å²) in [6.07, 6.45) is 82.0. The Kier molecular flexibility index (Phi) is 57.2. The second-order valence-electron chi connectivity index (χ2n) is 22.8. The van der Waals surface area contributed by atoms with Crippen LogP contribution >= 0.6 is 7.82 Å². The van der Waals surface area contributed by atoms with E-state index in [0.29, 0.717) is 17.4 Å². The van der Waals surface area contributed by atoms with Crippen LogP contribution < -0.4 is 0 Å². The lowest BCUT2D eigenvalue weighted by Crippen LogP contribution is -2.37. The second-order valence-corrected chi connectivity index (χ2v) is 24.2. The highest BCUT2D eigenvalue weighted by Gasteiger charge is 2.27. The number of esters is 2. The molecular formula is C69H123NO8P+. The molecule has 2 unspecified atom stereocenters. The molecule has 0 aromatic heterocycles. The highest BCUT2D eigenvalue weighted by Crippen LogP contribution is 2.43. The Morgan fingerprint density at radius 1 is 0.405 bits per heavy atom. The largest absolute Gasteiger partial charge is 0.472 e. The van der Waals surface area contributed by atoms with Crippen LogP contribution in [0, 0.1) is 0 Å². The van der Waals surface area contributed by atoms with Gasteiger partial charge in [0.25, 0.3) is 0 Å². The van der Waals surface area contributed by atoms with Gasteiger partial charge in [-0.25, -0.2) is 4.57 Å². The number of quaternary nitrogens is 1. The van der Waals surface area contributed by atoms with E-state index < -0.39 is 26.5 Å². The Bertz CT molecular complexity index is 1650. The number of likely N-dealkylation sites (N-methyl/N-ethyl adjacent to an activating group) is 1. The Hall–Kier alpha value is -3.07. The van der Waals surface area contributed by atoms with E-state index in [1.807, 2.05) is 21.1 Å². The standard InChI is InChI=1S/C69H122NO8P/c1-6-8-10-12-14-16-18-20-22-24-26-27-28-29-30-31-32-33-34-35-36-37-38-39-40-41-42-43-44-46-48-50-52-54-56-58-60-62-69(72)78-67(66-77-79(73,74)76-64-63-70(3,4)5)65-75-68(71)61-59-57-55-53-51-49-47-45-25-23-21-19-17-15-13-11-9-7-2/h8,10,14,16,20,22,26-27,29-30,32-33,35-36,38-39,67H,6-7,9,11-13,15,17-19,21,23-25,28,31,34,37,40-66H2,1-5H3/p+1/b10-8-,16-14-,22-20-,27-26-,30-29-,33-32-,36-35-,39-38-. The van der Waals surface area contributed by atoms with Gasteiger partial charge in [0.05, 0.1) is 27.7 Å². The maximum absolute atomic E-state index is 12.8. The zero-order chi connectivity index (χ0) is 57.7. The summed E-state index contributed by atoms with van der Waals surface area (Å²) in [4.78, 5) is 35.8. The minimum atomic E-state index is -4.39. The van der Waals surface area contributed by atoms with Gasteiger partial charge in [0.15, 0.2) is 6.10 Å². The molecule has 0 bridgehead atoms. The molecule has 1 N–H and O–H groups in total. The van der Waals surface area contributed by atoms with Crippen molar-refractivity contribution in [1.29, 1.82) is 0 Å². The number of hydrogen-bond donors (Lipinski definition) is 1. The van der Waals surface area contributed by atoms with Gasteiger partial charge in [-0.1, -0.05) is 284 Å². The van der Waals surface area contributed by atoms with E-state index in [2.05, 4.69) is 111 Å². The van der Waals surface area contributed by atoms with Crippen LogP contribution in [0.3, 0.4) is 0 Å². The van der Waals surface area contributed by atoms with Gasteiger partial charge in [-0.05, 0) is 77.0 Å². The Labute approximate surface area is 487 Å². The summed E-state index contributed by atoms with van der Waals surface area (Å²) in [5.41, 5.74) is 0. The number of allylic oxidation sites excluding steroid dienone is 16. The molecule has 9 nitrogen and oxygen atoms in total. The first-order valence-corrected chi connectivity index (χ1v) is 34.0. The molecule has 0 amide bonds. The summed E-state index contributed by atoms with van der Waals surface area (Å²) in [5, 5.41) is 0. The van der Waals surface area contributed by atoms with Crippen molar-refractivity contribution in [2.45, 2.75) is 283 Å². The molecule has 10 heteroatoms. The number of rotatable bonds is 59. The molecule has 0 rings (SSSR count). The van der Waals surface area contributed by atoms with Gasteiger partial charge in [0, 0.05) is 12.8 Å². The first-order valence-electron chi connectivity index (χ1n) is 32.5. The molecule has 0 heterocycles. The first kappa shape index (κ1) is 75.9. The summed E-state index contributed by atoms with van der Waals surface area (Å²) < 4.78 is 34.6. The van der Waals surface area contributed by atoms with Crippen LogP contribution in [-0.2, 0) is 32.7 Å². The number of unbranched alkanes of at least 4 members (excludes halogenated alkanes) is 29. The molecule has 0 aliphatic heterocycles. The van der Waals surface area contributed by atoms with Gasteiger partial charge in [-0.2, -0.15) is 0 Å². The Morgan fingerprint density at radius 3 is 1.08 bits per heavy atom. The fourth-order valence-corrected chi connectivity index (χ4v) is 9.66. The molecule has 0 saturated carbocycles. The van der Waals surface area contributed by atoms with E-state index in [-0.39, 0.29) is 32.0 Å². The first-order chi connectivity index (χ1) is 38.5. The van der Waals surface area contributed by atoms with Gasteiger partial charge in [0.2, 0.25) is 0 Å². The molecule has 0 fully saturated rings. The lowest BCUT2D eigenvalue weighted by molar-refractivity contribution is -0.870. The fraction of sp³-hybridized carbons (Fsp3) is 0.739. The van der Waals surface area contributed by atoms with Crippen molar-refractivity contribution in [3.63, 3.8) is 0 Å². The second kappa shape index (κ2) is 59.5. The predicted molar refractivity (Wildman–Crippen MR) is 339 cm³/mol. The van der Waals surface area contributed by atoms with Crippen molar-refractivity contribution in [2.75, 3.05) is 47.5 Å². The lowest BCUT2D eigenvalue weighted by Gasteiger charge is -2.24. The van der Waals surface area contributed by atoms with Crippen molar-refractivity contribution in [3.05, 3.63) is 97.2 Å². The highest BCUT2D eigenvalue weighted by molar-refractivity contribution is 7.47. The van der Waals surface area contributed by atoms with E-state index in [1.54, 1.807) is 0 Å². The van der Waals surface area contributed by atoms with Gasteiger partial charge in [-0.15, -0.1) is 0 Å². The molecule has 0 saturated heterocycles. The van der Waals surface area contributed by atoms with E-state index >= 15 is 0 Å². The number of nitrogens with zero attached hydrogens (tertiary/aromatic N) is 1. The summed E-state index contributed by atoms with van der Waals surface area (Å²) in [6.45, 7) is 4.34. The third-order valence-electron chi connectivity index (χ3n) is 13.9. The van der Waals surface area contributed by atoms with Crippen LogP contribution in [-0.4, -0.2) is 74.9 Å². The molecule has 0 aliphatic rings. The third kappa shape index (κ3) is 64.0. The summed E-state index contributed by atoms with van der Waals surface area (Å²) in [6, 6.07) is 0. The van der Waals surface area contributed by atoms with E-state index in [0.717, 1.165) is 89.9 Å². The van der Waals surface area contributed by atoms with Crippen molar-refractivity contribution in [2.24, 2.45) is 0 Å². The number of carbonyl (C=O) groups excluding carboxylic acids is 2. The number of phosphoric ester groups is 1. The molecule has 79 heavy (non-hydrogen) atoms. The van der Waals surface area contributed by atoms with Crippen LogP contribution in [0.5, 0.6) is 0 Å². The van der Waals surface area contributed by atoms with Crippen molar-refractivity contribution in [3.8, 4) is 0 Å². The Balaban J connectivity index is 4.07. The topological polar surface area (TPSA) is 108 Å². The maximum atomic E-state index is 12.8. The number of carbonyl (C=O) groups is 2. The summed E-state index contributed by atoms with van der Waals surface area (Å²) >= 11 is 0. The molecule has 0 radical (unpaired) electrons. The molecule has 456 valence electrons. The van der Waals surface area contributed by atoms with Crippen molar-refractivity contribution >= 4 is 19.8 Å². The maximum Gasteiger partial charge on any atom is 0.472 e. The summed E-state index contributed by atoms with van der Waals surface area (Å²) in [7, 11) is 1.48. The highest BCUT2D eigenvalue weighted by atomic mass is 31.2. The monoisotopic (exact) mass is 1120 g/mol. The van der Waals surface area contributed by atoms with Crippen LogP contribution in [0.2, 0.25) is 0 Å². The number of ether oxygens (including phenoxy) is 2. The predicted octanol–water partition coefficient (Wildman–Crippen LogP) is 20.8. The smallest absolute Gasteiger partial charge is 0.462 e. The minimum Gasteiger partial charge on any atom is -0.462 e. The fourth-order valence-electron chi connectivity index (χ4n) is 8.92. The molecule has 0 aromatic rings. The van der Waals surface area contributed by atoms with E-state index in [9.17, 15) is 19.0 Å². The van der Waals surface area contributed by atoms with Crippen LogP contribution in [0.15, 0.2) is 97.2 Å². The van der Waals surface area contributed by atoms with Crippen molar-refractivity contribution in [1.82, 2.24) is 0 Å². The molecule has 0 aliphatic carbocycles. The number of hydrogen-bond acceptors (Lipinski definition) is 7. The quantitative estimate of drug-likeness (QED) is 0.0211. The average Bonchev–Trinajstić information content (AvgIpc) is 3.41. The molecule has 0 spiro atoms. The van der Waals surface area contributed by atoms with Crippen LogP contribution in [0.4, 0.5) is 0 Å². The third-order valence-corrected chi connectivity index (χ3v) is 14.9. The van der Waals surface area contributed by atoms with E-state index in [4.69, 9.17) is 18.5 Å². The SMILES string of the molecule is CC/C=C\C/C=C\C/C=C\C/C=C\C/C=C\C/C=C\C/C=C\C/C=C\CCCCCCCCCCCCCCC(=O)OC(COC(=O)CCCCCCCCCCCCCCCCCCCC)COP(=O)(O)OCC[N+](C)(C)C. The summed E-state index contributed by atoms with van der Waals surface area (Å²) in [5.74, 6) is -0.792. The van der Waals surface area contributed by atoms with E-state index in [1.165, 1.54) is 154 Å². The van der Waals surface area contributed by atoms with Gasteiger partial charge >= 0.3 is 19.8 Å². The van der Waals surface area contributed by atoms with Gasteiger partial charge in [-0.3, -0.25) is 18.6 Å². The van der Waals surface area contributed by atoms with Crippen LogP contribution in [0.25, 0.3) is 0 Å². The van der Waals surface area contributed by atoms with Crippen LogP contribution in [0.1, 0.15) is 277 Å². The zero-order valence-corrected chi connectivity index (χ0v) is 52.7. The van der Waals surface area contributed by atoms with Crippen molar-refractivity contribution < 1.29 is 42.1 Å². The molecule has 2 atom stereocenters. The molecule has 0 aromatic carbocycles. The zero-order valence-electron chi connectivity index (χ0n) is 51.8. The normalized spacial score (nSPS) is 13.8. The van der Waals surface area contributed by atoms with Gasteiger partial charge < -0.3 is 18.9 Å².